The van der Waals surface area contributed by atoms with Gasteiger partial charge in [-0.05, 0) is 12.1 Å². The molecule has 1 rings (SSSR count). The van der Waals surface area contributed by atoms with E-state index in [0.717, 1.165) is 4.90 Å². The Bertz CT molecular complexity index is 400. The molecule has 1 N–H and O–H groups in total. The Morgan fingerprint density at radius 2 is 2.06 bits per heavy atom. The van der Waals surface area contributed by atoms with E-state index >= 15 is 0 Å². The lowest BCUT2D eigenvalue weighted by Gasteiger charge is -2.15. The first-order valence-electron chi connectivity index (χ1n) is 5.28. The molecule has 0 saturated heterocycles. The molecule has 0 radical (unpaired) electrons. The molecule has 1 aromatic rings. The molecule has 0 aliphatic rings. The molecule has 0 heterocycles. The van der Waals surface area contributed by atoms with Crippen LogP contribution in [0.25, 0.3) is 0 Å². The molecule has 1 aromatic carbocycles. The molecule has 6 heteroatoms. The van der Waals surface area contributed by atoms with E-state index in [2.05, 4.69) is 10.1 Å². The third-order valence-corrected chi connectivity index (χ3v) is 3.53. The highest BCUT2D eigenvalue weighted by molar-refractivity contribution is 7.99. The Labute approximate surface area is 115 Å². The maximum absolute atomic E-state index is 11.6. The molecule has 1 amide bonds. The van der Waals surface area contributed by atoms with Crippen LogP contribution in [-0.4, -0.2) is 36.7 Å². The van der Waals surface area contributed by atoms with Gasteiger partial charge in [0.15, 0.2) is 5.78 Å². The molecule has 0 unspecified atom stereocenters. The third-order valence-electron chi connectivity index (χ3n) is 2.16. The van der Waals surface area contributed by atoms with Gasteiger partial charge < -0.3 is 10.1 Å². The number of methoxy groups -OCH3 is 1. The zero-order chi connectivity index (χ0) is 13.4. The van der Waals surface area contributed by atoms with E-state index in [0.29, 0.717) is 5.75 Å². The van der Waals surface area contributed by atoms with Crippen LogP contribution < -0.4 is 5.32 Å². The number of hydrogen-bond donors (Lipinski definition) is 1. The van der Waals surface area contributed by atoms with Gasteiger partial charge in [0.1, 0.15) is 6.04 Å². The lowest BCUT2D eigenvalue weighted by molar-refractivity contribution is -0.118. The van der Waals surface area contributed by atoms with Crippen LogP contribution in [0.15, 0.2) is 35.2 Å². The first kappa shape index (κ1) is 14.9. The number of ether oxygens (including phenoxy) is 1. The average molecular weight is 288 g/mol. The molecular weight excluding hydrogens is 274 g/mol. The molecule has 0 bridgehead atoms. The van der Waals surface area contributed by atoms with Crippen molar-refractivity contribution in [2.75, 3.05) is 18.7 Å². The summed E-state index contributed by atoms with van der Waals surface area (Å²) in [5, 5.41) is 2.47. The molecule has 0 spiro atoms. The van der Waals surface area contributed by atoms with Crippen LogP contribution in [-0.2, 0) is 9.53 Å². The summed E-state index contributed by atoms with van der Waals surface area (Å²) in [4.78, 5) is 23.7. The van der Waals surface area contributed by atoms with Gasteiger partial charge in [0.05, 0.1) is 13.0 Å². The summed E-state index contributed by atoms with van der Waals surface area (Å²) in [6.07, 6.45) is -0.632. The summed E-state index contributed by atoms with van der Waals surface area (Å²) >= 11 is 6.98. The maximum Gasteiger partial charge on any atom is 0.407 e. The van der Waals surface area contributed by atoms with Crippen molar-refractivity contribution >= 4 is 35.2 Å². The summed E-state index contributed by atoms with van der Waals surface area (Å²) in [6, 6.07) is 8.97. The minimum absolute atomic E-state index is 0.135. The Hall–Kier alpha value is -1.20. The van der Waals surface area contributed by atoms with Gasteiger partial charge in [0.2, 0.25) is 0 Å². The van der Waals surface area contributed by atoms with Gasteiger partial charge in [-0.3, -0.25) is 4.79 Å². The monoisotopic (exact) mass is 287 g/mol. The van der Waals surface area contributed by atoms with E-state index in [-0.39, 0.29) is 11.7 Å². The topological polar surface area (TPSA) is 55.4 Å². The molecule has 0 fully saturated rings. The van der Waals surface area contributed by atoms with Crippen LogP contribution in [0.1, 0.15) is 0 Å². The fourth-order valence-electron chi connectivity index (χ4n) is 1.21. The Kier molecular flexibility index (Phi) is 6.60. The highest BCUT2D eigenvalue weighted by Gasteiger charge is 2.20. The van der Waals surface area contributed by atoms with Crippen molar-refractivity contribution < 1.29 is 14.3 Å². The van der Waals surface area contributed by atoms with Crippen LogP contribution in [0.3, 0.4) is 0 Å². The number of hydrogen-bond acceptors (Lipinski definition) is 4. The lowest BCUT2D eigenvalue weighted by Crippen LogP contribution is -2.43. The van der Waals surface area contributed by atoms with Gasteiger partial charge in [0.25, 0.3) is 0 Å². The first-order chi connectivity index (χ1) is 8.67. The molecule has 4 nitrogen and oxygen atoms in total. The lowest BCUT2D eigenvalue weighted by atomic mass is 10.2. The predicted octanol–water partition coefficient (Wildman–Crippen LogP) is 2.31. The molecule has 0 saturated carbocycles. The fourth-order valence-corrected chi connectivity index (χ4v) is 2.37. The van der Waals surface area contributed by atoms with Gasteiger partial charge in [-0.25, -0.2) is 4.79 Å². The van der Waals surface area contributed by atoms with Crippen LogP contribution in [0, 0.1) is 0 Å². The van der Waals surface area contributed by atoms with Crippen LogP contribution in [0.5, 0.6) is 0 Å². The van der Waals surface area contributed by atoms with E-state index < -0.39 is 12.1 Å². The smallest absolute Gasteiger partial charge is 0.407 e. The Morgan fingerprint density at radius 3 is 2.61 bits per heavy atom. The van der Waals surface area contributed by atoms with Gasteiger partial charge in [-0.2, -0.15) is 0 Å². The average Bonchev–Trinajstić information content (AvgIpc) is 2.43. The second kappa shape index (κ2) is 8.00. The number of ketones is 1. The van der Waals surface area contributed by atoms with Crippen molar-refractivity contribution in [3.8, 4) is 0 Å². The number of benzene rings is 1. The van der Waals surface area contributed by atoms with E-state index in [1.165, 1.54) is 18.9 Å². The number of rotatable bonds is 6. The van der Waals surface area contributed by atoms with Crippen LogP contribution in [0.2, 0.25) is 0 Å². The van der Waals surface area contributed by atoms with Gasteiger partial charge in [0, 0.05) is 10.6 Å². The maximum atomic E-state index is 11.6. The number of carbonyl (C=O) groups is 2. The number of halogens is 1. The number of alkyl halides is 1. The zero-order valence-corrected chi connectivity index (χ0v) is 11.5. The van der Waals surface area contributed by atoms with E-state index in [4.69, 9.17) is 11.6 Å². The first-order valence-corrected chi connectivity index (χ1v) is 6.80. The molecule has 0 aliphatic carbocycles. The van der Waals surface area contributed by atoms with Crippen molar-refractivity contribution in [2.24, 2.45) is 0 Å². The molecule has 0 aliphatic heterocycles. The van der Waals surface area contributed by atoms with Crippen molar-refractivity contribution in [3.05, 3.63) is 30.3 Å². The number of carbonyl (C=O) groups excluding carboxylic acids is 2. The van der Waals surface area contributed by atoms with E-state index in [1.807, 2.05) is 30.3 Å². The highest BCUT2D eigenvalue weighted by Crippen LogP contribution is 2.18. The van der Waals surface area contributed by atoms with Gasteiger partial charge in [-0.15, -0.1) is 23.4 Å². The molecule has 18 heavy (non-hydrogen) atoms. The fraction of sp³-hybridized carbons (Fsp3) is 0.333. The summed E-state index contributed by atoms with van der Waals surface area (Å²) in [7, 11) is 1.25. The van der Waals surface area contributed by atoms with Crippen LogP contribution in [0.4, 0.5) is 4.79 Å². The third kappa shape index (κ3) is 4.98. The molecule has 1 atom stereocenters. The minimum atomic E-state index is -0.639. The standard InChI is InChI=1S/C12H14ClNO3S/c1-17-12(16)14-10(11(15)7-13)8-18-9-5-3-2-4-6-9/h2-6,10H,7-8H2,1H3,(H,14,16)/t10-/m1/s1. The molecule has 98 valence electrons. The number of amides is 1. The summed E-state index contributed by atoms with van der Waals surface area (Å²) < 4.78 is 4.47. The minimum Gasteiger partial charge on any atom is -0.453 e. The second-order valence-electron chi connectivity index (χ2n) is 3.41. The number of thioether (sulfide) groups is 1. The van der Waals surface area contributed by atoms with E-state index in [1.54, 1.807) is 0 Å². The summed E-state index contributed by atoms with van der Waals surface area (Å²) in [6.45, 7) is 0. The van der Waals surface area contributed by atoms with Crippen molar-refractivity contribution in [1.82, 2.24) is 5.32 Å². The van der Waals surface area contributed by atoms with Gasteiger partial charge in [-0.1, -0.05) is 18.2 Å². The zero-order valence-electron chi connectivity index (χ0n) is 9.89. The SMILES string of the molecule is COC(=O)N[C@H](CSc1ccccc1)C(=O)CCl. The predicted molar refractivity (Wildman–Crippen MR) is 72.2 cm³/mol. The number of Topliss-reactive ketones (excluding diaryl/α,β-unsaturated/α-hetero) is 1. The Balaban J connectivity index is 2.56. The summed E-state index contributed by atoms with van der Waals surface area (Å²) in [5.74, 6) is 0.0554. The van der Waals surface area contributed by atoms with Crippen molar-refractivity contribution in [3.63, 3.8) is 0 Å². The second-order valence-corrected chi connectivity index (χ2v) is 4.77. The van der Waals surface area contributed by atoms with Crippen molar-refractivity contribution in [1.29, 1.82) is 0 Å². The molecular formula is C12H14ClNO3S. The highest BCUT2D eigenvalue weighted by atomic mass is 35.5. The Morgan fingerprint density at radius 1 is 1.39 bits per heavy atom. The molecule has 0 aromatic heterocycles. The number of alkyl carbamates (subject to hydrolysis) is 1. The van der Waals surface area contributed by atoms with Crippen LogP contribution >= 0.6 is 23.4 Å². The van der Waals surface area contributed by atoms with Crippen molar-refractivity contribution in [2.45, 2.75) is 10.9 Å². The van der Waals surface area contributed by atoms with E-state index in [9.17, 15) is 9.59 Å². The van der Waals surface area contributed by atoms with Gasteiger partial charge >= 0.3 is 6.09 Å². The number of nitrogens with one attached hydrogen (secondary N) is 1. The summed E-state index contributed by atoms with van der Waals surface area (Å²) in [5.41, 5.74) is 0. The largest absolute Gasteiger partial charge is 0.453 e. The normalized spacial score (nSPS) is 11.7. The quantitative estimate of drug-likeness (QED) is 0.644.